The number of amides is 2. The second-order valence-corrected chi connectivity index (χ2v) is 12.0. The number of carbonyl (C=O) groups is 2. The average Bonchev–Trinajstić information content (AvgIpc) is 3.78. The molecule has 2 aliphatic rings. The number of hydrogen-bond donors (Lipinski definition) is 2. The highest BCUT2D eigenvalue weighted by molar-refractivity contribution is 5.93. The Labute approximate surface area is 257 Å². The number of carbonyl (C=O) groups excluding carboxylic acids is 2. The number of fused-ring (bicyclic) bond motifs is 1. The Kier molecular flexibility index (Phi) is 8.00. The van der Waals surface area contributed by atoms with Gasteiger partial charge in [0.25, 0.3) is 5.91 Å². The molecule has 1 saturated carbocycles. The van der Waals surface area contributed by atoms with Crippen LogP contribution >= 0.6 is 0 Å². The van der Waals surface area contributed by atoms with Gasteiger partial charge < -0.3 is 15.1 Å². The van der Waals surface area contributed by atoms with Crippen molar-refractivity contribution in [2.24, 2.45) is 11.3 Å². The van der Waals surface area contributed by atoms with E-state index in [0.717, 1.165) is 0 Å². The predicted molar refractivity (Wildman–Crippen MR) is 145 cm³/mol. The Morgan fingerprint density at radius 1 is 1.17 bits per heavy atom. The first-order chi connectivity index (χ1) is 21.7. The summed E-state index contributed by atoms with van der Waals surface area (Å²) in [4.78, 5) is 30.9. The van der Waals surface area contributed by atoms with E-state index in [1.807, 2.05) is 0 Å². The van der Waals surface area contributed by atoms with Crippen molar-refractivity contribution < 1.29 is 40.6 Å². The summed E-state index contributed by atoms with van der Waals surface area (Å²) in [5.74, 6) is -4.28. The number of aromatic nitrogens is 7. The van der Waals surface area contributed by atoms with Gasteiger partial charge in [0.15, 0.2) is 11.3 Å². The number of imidazole rings is 1. The van der Waals surface area contributed by atoms with E-state index >= 15 is 0 Å². The highest BCUT2D eigenvalue weighted by Gasteiger charge is 2.56. The van der Waals surface area contributed by atoms with Gasteiger partial charge in [-0.25, -0.2) is 22.9 Å². The van der Waals surface area contributed by atoms with E-state index < -0.39 is 47.8 Å². The van der Waals surface area contributed by atoms with Gasteiger partial charge in [0.1, 0.15) is 11.7 Å². The van der Waals surface area contributed by atoms with E-state index in [2.05, 4.69) is 45.9 Å². The lowest BCUT2D eigenvalue weighted by Gasteiger charge is -2.33. The molecule has 2 amide bonds. The van der Waals surface area contributed by atoms with Crippen molar-refractivity contribution in [2.45, 2.75) is 89.4 Å². The fourth-order valence-corrected chi connectivity index (χ4v) is 6.25. The lowest BCUT2D eigenvalue weighted by atomic mass is 9.76. The van der Waals surface area contributed by atoms with Crippen molar-refractivity contribution in [3.63, 3.8) is 0 Å². The number of halogens is 5. The molecule has 3 atom stereocenters. The minimum Gasteiger partial charge on any atom is -0.425 e. The lowest BCUT2D eigenvalue weighted by molar-refractivity contribution is -0.155. The van der Waals surface area contributed by atoms with Crippen LogP contribution in [-0.4, -0.2) is 65.1 Å². The van der Waals surface area contributed by atoms with E-state index in [1.54, 1.807) is 19.2 Å². The van der Waals surface area contributed by atoms with E-state index in [0.29, 0.717) is 23.6 Å². The first-order valence-corrected chi connectivity index (χ1v) is 14.8. The summed E-state index contributed by atoms with van der Waals surface area (Å²) in [5.41, 5.74) is -0.345. The summed E-state index contributed by atoms with van der Waals surface area (Å²) in [6, 6.07) is -1.27. The molecule has 1 aliphatic carbocycles. The second kappa shape index (κ2) is 11.7. The van der Waals surface area contributed by atoms with Crippen LogP contribution in [0, 0.1) is 18.3 Å². The van der Waals surface area contributed by atoms with Crippen LogP contribution < -0.4 is 10.6 Å². The zero-order valence-corrected chi connectivity index (χ0v) is 24.8. The molecule has 1 aliphatic heterocycles. The maximum absolute atomic E-state index is 14.0. The van der Waals surface area contributed by atoms with E-state index in [4.69, 9.17) is 4.42 Å². The number of hydrogen-bond acceptors (Lipinski definition) is 10. The summed E-state index contributed by atoms with van der Waals surface area (Å²) in [7, 11) is 0. The van der Waals surface area contributed by atoms with Crippen molar-refractivity contribution in [3.8, 4) is 0 Å². The van der Waals surface area contributed by atoms with Gasteiger partial charge in [0, 0.05) is 25.7 Å². The fourth-order valence-electron chi connectivity index (χ4n) is 6.25. The molecule has 2 N–H and O–H groups in total. The van der Waals surface area contributed by atoms with Gasteiger partial charge in [0.05, 0.1) is 29.5 Å². The van der Waals surface area contributed by atoms with Crippen LogP contribution in [-0.2, 0) is 24.1 Å². The maximum Gasteiger partial charge on any atom is 0.408 e. The number of nitrogens with zero attached hydrogens (tertiary/aromatic N) is 7. The highest BCUT2D eigenvalue weighted by Crippen LogP contribution is 2.43. The largest absolute Gasteiger partial charge is 0.425 e. The molecule has 0 aromatic carbocycles. The summed E-state index contributed by atoms with van der Waals surface area (Å²) >= 11 is 0. The molecular weight excluding hydrogens is 621 g/mol. The van der Waals surface area contributed by atoms with Crippen molar-refractivity contribution in [1.82, 2.24) is 45.7 Å². The van der Waals surface area contributed by atoms with Crippen LogP contribution in [0.1, 0.15) is 84.3 Å². The van der Waals surface area contributed by atoms with Crippen LogP contribution in [0.25, 0.3) is 5.65 Å². The van der Waals surface area contributed by atoms with Crippen LogP contribution in [0.4, 0.5) is 22.0 Å². The molecule has 6 rings (SSSR count). The molecule has 1 saturated heterocycles. The average molecular weight is 652 g/mol. The summed E-state index contributed by atoms with van der Waals surface area (Å²) < 4.78 is 80.8. The van der Waals surface area contributed by atoms with Gasteiger partial charge in [-0.1, -0.05) is 12.1 Å². The minimum atomic E-state index is -4.66. The third-order valence-electron chi connectivity index (χ3n) is 8.72. The summed E-state index contributed by atoms with van der Waals surface area (Å²) in [5, 5.41) is 24.3. The quantitative estimate of drug-likeness (QED) is 0.254. The van der Waals surface area contributed by atoms with E-state index in [-0.39, 0.29) is 67.4 Å². The fraction of sp³-hybridized carbons (Fsp3) is 0.571. The van der Waals surface area contributed by atoms with Crippen LogP contribution in [0.15, 0.2) is 27.5 Å². The molecule has 4 aromatic heterocycles. The smallest absolute Gasteiger partial charge is 0.408 e. The molecule has 46 heavy (non-hydrogen) atoms. The number of nitrogens with one attached hydrogen (secondary N) is 2. The van der Waals surface area contributed by atoms with Crippen LogP contribution in [0.5, 0.6) is 0 Å². The van der Waals surface area contributed by atoms with Gasteiger partial charge in [-0.2, -0.15) is 18.3 Å². The predicted octanol–water partition coefficient (Wildman–Crippen LogP) is 3.89. The van der Waals surface area contributed by atoms with Gasteiger partial charge in [-0.05, 0) is 55.3 Å². The second-order valence-electron chi connectivity index (χ2n) is 12.0. The molecule has 13 nitrogen and oxygen atoms in total. The molecule has 246 valence electrons. The number of alkyl halides is 5. The zero-order valence-electron chi connectivity index (χ0n) is 24.8. The standard InChI is InChI=1S/C28H30F5N9O4/c1-3-20-38-39-21(45-20)11-26(10-18(28(31,32)33)36-25(26)44)9-15-8-19-35-17(13-42(19)34-12-15)23(16-4-6-27(29,30)7-5-16)37-24(43)22-14(2)40-46-41-22/h8,12-13,16,18,23H,3-7,9-11H2,1-2H3,(H,36,44)(H,37,43)/t18-,23-,26-/m0/s1. The topological polar surface area (TPSA) is 166 Å². The third kappa shape index (κ3) is 6.28. The van der Waals surface area contributed by atoms with Crippen LogP contribution in [0.2, 0.25) is 0 Å². The molecule has 0 radical (unpaired) electrons. The first kappa shape index (κ1) is 31.5. The molecule has 0 bridgehead atoms. The van der Waals surface area contributed by atoms with Gasteiger partial charge >= 0.3 is 6.18 Å². The van der Waals surface area contributed by atoms with Crippen molar-refractivity contribution in [2.75, 3.05) is 0 Å². The van der Waals surface area contributed by atoms with Crippen LogP contribution in [0.3, 0.4) is 0 Å². The Morgan fingerprint density at radius 2 is 1.91 bits per heavy atom. The third-order valence-corrected chi connectivity index (χ3v) is 8.72. The normalized spacial score (nSPS) is 22.7. The SMILES string of the molecule is CCc1nnc(C[C@]2(Cc3cnn4cc([C@@H](NC(=O)c5nonc5C)C5CCC(F)(F)CC5)nc4c3)C[C@@H](C(F)(F)F)NC2=O)o1. The zero-order chi connectivity index (χ0) is 32.9. The van der Waals surface area contributed by atoms with E-state index in [1.165, 1.54) is 17.6 Å². The van der Waals surface area contributed by atoms with Crippen molar-refractivity contribution in [1.29, 1.82) is 0 Å². The van der Waals surface area contributed by atoms with E-state index in [9.17, 15) is 31.5 Å². The van der Waals surface area contributed by atoms with Gasteiger partial charge in [-0.15, -0.1) is 10.2 Å². The molecule has 0 unspecified atom stereocenters. The summed E-state index contributed by atoms with van der Waals surface area (Å²) in [6.45, 7) is 3.31. The molecular formula is C28H30F5N9O4. The molecule has 0 spiro atoms. The van der Waals surface area contributed by atoms with Crippen molar-refractivity contribution >= 4 is 17.5 Å². The summed E-state index contributed by atoms with van der Waals surface area (Å²) in [6.07, 6.45) is -2.67. The molecule has 2 fully saturated rings. The Morgan fingerprint density at radius 3 is 2.54 bits per heavy atom. The Bertz CT molecular complexity index is 1740. The number of aryl methyl sites for hydroxylation is 2. The Balaban J connectivity index is 1.31. The van der Waals surface area contributed by atoms with Gasteiger partial charge in [-0.3, -0.25) is 9.59 Å². The molecule has 18 heteroatoms. The Hall–Kier alpha value is -4.51. The highest BCUT2D eigenvalue weighted by atomic mass is 19.4. The minimum absolute atomic E-state index is 0.0427. The molecule has 5 heterocycles. The number of rotatable bonds is 9. The van der Waals surface area contributed by atoms with Crippen molar-refractivity contribution in [3.05, 3.63) is 52.9 Å². The molecule has 4 aromatic rings. The first-order valence-electron chi connectivity index (χ1n) is 14.8. The van der Waals surface area contributed by atoms with Gasteiger partial charge in [0.2, 0.25) is 23.6 Å². The monoisotopic (exact) mass is 651 g/mol. The lowest BCUT2D eigenvalue weighted by Crippen LogP contribution is -2.39. The maximum atomic E-state index is 14.0.